The van der Waals surface area contributed by atoms with Gasteiger partial charge in [0.05, 0.1) is 18.6 Å². The fraction of sp³-hybridized carbons (Fsp3) is 0.250. The summed E-state index contributed by atoms with van der Waals surface area (Å²) < 4.78 is 0.938. The fourth-order valence-corrected chi connectivity index (χ4v) is 2.75. The lowest BCUT2D eigenvalue weighted by Gasteiger charge is -2.35. The van der Waals surface area contributed by atoms with Crippen LogP contribution in [0.3, 0.4) is 0 Å². The summed E-state index contributed by atoms with van der Waals surface area (Å²) in [4.78, 5) is 2.16. The Morgan fingerprint density at radius 2 is 2.19 bits per heavy atom. The number of rotatable bonds is 3. The lowest BCUT2D eigenvalue weighted by atomic mass is 10.1. The normalized spacial score (nSPS) is 18.2. The average Bonchev–Trinajstić information content (AvgIpc) is 2.34. The molecular formula is C12H14N2S2. The summed E-state index contributed by atoms with van der Waals surface area (Å²) in [5.41, 5.74) is 1.23. The number of thioether (sulfide) groups is 1. The highest BCUT2D eigenvalue weighted by Gasteiger charge is 2.22. The van der Waals surface area contributed by atoms with Crippen LogP contribution in [-0.2, 0) is 0 Å². The average molecular weight is 250 g/mol. The van der Waals surface area contributed by atoms with E-state index in [0.717, 1.165) is 16.9 Å². The van der Waals surface area contributed by atoms with Crippen molar-refractivity contribution >= 4 is 28.3 Å². The van der Waals surface area contributed by atoms with Crippen LogP contribution in [0, 0.1) is 0 Å². The van der Waals surface area contributed by atoms with E-state index in [1.165, 1.54) is 5.56 Å². The van der Waals surface area contributed by atoms with Gasteiger partial charge in [-0.05, 0) is 5.56 Å². The Balaban J connectivity index is 2.22. The zero-order chi connectivity index (χ0) is 11.4. The van der Waals surface area contributed by atoms with E-state index >= 15 is 0 Å². The van der Waals surface area contributed by atoms with Gasteiger partial charge < -0.3 is 4.90 Å². The molecule has 1 aliphatic heterocycles. The molecule has 16 heavy (non-hydrogen) atoms. The van der Waals surface area contributed by atoms with Crippen LogP contribution in [-0.4, -0.2) is 21.8 Å². The minimum absolute atomic E-state index is 0.161. The molecule has 1 N–H and O–H groups in total. The van der Waals surface area contributed by atoms with Crippen LogP contribution in [0.5, 0.6) is 0 Å². The Bertz CT molecular complexity index is 378. The molecule has 0 radical (unpaired) electrons. The Labute approximate surface area is 106 Å². The van der Waals surface area contributed by atoms with E-state index in [4.69, 9.17) is 12.2 Å². The molecule has 1 aromatic carbocycles. The summed E-state index contributed by atoms with van der Waals surface area (Å²) in [5.74, 6) is 0.897. The maximum absolute atomic E-state index is 5.37. The summed E-state index contributed by atoms with van der Waals surface area (Å²) in [7, 11) is 0. The Morgan fingerprint density at radius 1 is 1.44 bits per heavy atom. The van der Waals surface area contributed by atoms with Crippen molar-refractivity contribution in [3.8, 4) is 0 Å². The number of hydrogen-bond acceptors (Lipinski definition) is 3. The quantitative estimate of drug-likeness (QED) is 0.655. The van der Waals surface area contributed by atoms with Crippen molar-refractivity contribution in [3.63, 3.8) is 0 Å². The number of thiocarbonyl (C=S) groups is 1. The van der Waals surface area contributed by atoms with Crippen LogP contribution in [0.15, 0.2) is 43.0 Å². The third-order valence-corrected chi connectivity index (χ3v) is 3.93. The first-order chi connectivity index (χ1) is 7.83. The van der Waals surface area contributed by atoms with Crippen molar-refractivity contribution < 1.29 is 0 Å². The van der Waals surface area contributed by atoms with E-state index in [1.54, 1.807) is 11.8 Å². The van der Waals surface area contributed by atoms with Gasteiger partial charge in [-0.15, -0.1) is 6.58 Å². The molecule has 0 saturated carbocycles. The van der Waals surface area contributed by atoms with Crippen molar-refractivity contribution in [2.24, 2.45) is 0 Å². The van der Waals surface area contributed by atoms with E-state index in [-0.39, 0.29) is 6.04 Å². The van der Waals surface area contributed by atoms with Gasteiger partial charge in [0, 0.05) is 0 Å². The standard InChI is InChI=1S/C12H14N2S2/c1-2-11(10-6-4-3-5-7-10)14-8-13-9-16-12(14)15/h2-7,11,13H,1,8-9H2. The molecule has 2 rings (SSSR count). The van der Waals surface area contributed by atoms with Gasteiger partial charge in [0.1, 0.15) is 4.32 Å². The maximum atomic E-state index is 5.37. The second-order valence-electron chi connectivity index (χ2n) is 3.52. The van der Waals surface area contributed by atoms with Gasteiger partial charge >= 0.3 is 0 Å². The summed E-state index contributed by atoms with van der Waals surface area (Å²) in [5, 5.41) is 3.30. The zero-order valence-corrected chi connectivity index (χ0v) is 10.6. The fourth-order valence-electron chi connectivity index (χ4n) is 1.73. The molecule has 1 aliphatic rings. The highest BCUT2D eigenvalue weighted by molar-refractivity contribution is 8.22. The molecule has 1 saturated heterocycles. The van der Waals surface area contributed by atoms with E-state index in [9.17, 15) is 0 Å². The van der Waals surface area contributed by atoms with Crippen molar-refractivity contribution in [1.29, 1.82) is 0 Å². The van der Waals surface area contributed by atoms with E-state index < -0.39 is 0 Å². The number of hydrogen-bond donors (Lipinski definition) is 1. The maximum Gasteiger partial charge on any atom is 0.139 e. The van der Waals surface area contributed by atoms with Gasteiger partial charge in [-0.25, -0.2) is 0 Å². The largest absolute Gasteiger partial charge is 0.334 e. The van der Waals surface area contributed by atoms with Gasteiger partial charge in [-0.2, -0.15) is 0 Å². The minimum atomic E-state index is 0.161. The van der Waals surface area contributed by atoms with E-state index in [0.29, 0.717) is 0 Å². The lowest BCUT2D eigenvalue weighted by molar-refractivity contribution is 0.351. The molecule has 0 amide bonds. The molecule has 0 spiro atoms. The summed E-state index contributed by atoms with van der Waals surface area (Å²) in [6.45, 7) is 4.70. The molecule has 4 heteroatoms. The second kappa shape index (κ2) is 5.48. The van der Waals surface area contributed by atoms with E-state index in [2.05, 4.69) is 28.9 Å². The van der Waals surface area contributed by atoms with Gasteiger partial charge in [-0.3, -0.25) is 5.32 Å². The molecule has 0 bridgehead atoms. The molecule has 1 fully saturated rings. The first kappa shape index (κ1) is 11.6. The monoisotopic (exact) mass is 250 g/mol. The molecule has 1 atom stereocenters. The highest BCUT2D eigenvalue weighted by Crippen LogP contribution is 2.26. The van der Waals surface area contributed by atoms with Crippen molar-refractivity contribution in [2.45, 2.75) is 6.04 Å². The van der Waals surface area contributed by atoms with Crippen molar-refractivity contribution in [2.75, 3.05) is 12.5 Å². The molecule has 1 unspecified atom stereocenters. The van der Waals surface area contributed by atoms with Crippen LogP contribution in [0.25, 0.3) is 0 Å². The molecule has 0 aliphatic carbocycles. The van der Waals surface area contributed by atoms with Crippen LogP contribution in [0.2, 0.25) is 0 Å². The molecule has 84 valence electrons. The number of benzene rings is 1. The van der Waals surface area contributed by atoms with Crippen LogP contribution in [0.1, 0.15) is 11.6 Å². The Kier molecular flexibility index (Phi) is 3.98. The highest BCUT2D eigenvalue weighted by atomic mass is 32.2. The van der Waals surface area contributed by atoms with E-state index in [1.807, 2.05) is 24.3 Å². The summed E-state index contributed by atoms with van der Waals surface area (Å²) >= 11 is 7.03. The smallest absolute Gasteiger partial charge is 0.139 e. The van der Waals surface area contributed by atoms with Crippen molar-refractivity contribution in [1.82, 2.24) is 10.2 Å². The molecule has 0 aromatic heterocycles. The summed E-state index contributed by atoms with van der Waals surface area (Å²) in [6.07, 6.45) is 1.94. The van der Waals surface area contributed by atoms with Crippen LogP contribution < -0.4 is 5.32 Å². The number of nitrogens with zero attached hydrogens (tertiary/aromatic N) is 1. The first-order valence-corrected chi connectivity index (χ1v) is 6.54. The SMILES string of the molecule is C=CC(c1ccccc1)N1CNCSC1=S. The number of nitrogens with one attached hydrogen (secondary N) is 1. The third kappa shape index (κ3) is 2.45. The minimum Gasteiger partial charge on any atom is -0.334 e. The van der Waals surface area contributed by atoms with Crippen molar-refractivity contribution in [3.05, 3.63) is 48.6 Å². The van der Waals surface area contributed by atoms with Gasteiger partial charge in [0.25, 0.3) is 0 Å². The zero-order valence-electron chi connectivity index (χ0n) is 8.93. The predicted octanol–water partition coefficient (Wildman–Crippen LogP) is 2.75. The predicted molar refractivity (Wildman–Crippen MR) is 74.3 cm³/mol. The third-order valence-electron chi connectivity index (χ3n) is 2.51. The van der Waals surface area contributed by atoms with Gasteiger partial charge in [0.15, 0.2) is 0 Å². The van der Waals surface area contributed by atoms with Crippen LogP contribution >= 0.6 is 24.0 Å². The first-order valence-electron chi connectivity index (χ1n) is 5.14. The topological polar surface area (TPSA) is 15.3 Å². The Morgan fingerprint density at radius 3 is 2.81 bits per heavy atom. The van der Waals surface area contributed by atoms with Gasteiger partial charge in [0.2, 0.25) is 0 Å². The second-order valence-corrected chi connectivity index (χ2v) is 5.13. The summed E-state index contributed by atoms with van der Waals surface area (Å²) in [6, 6.07) is 10.5. The van der Waals surface area contributed by atoms with Gasteiger partial charge in [-0.1, -0.05) is 60.4 Å². The Hall–Kier alpha value is -0.840. The van der Waals surface area contributed by atoms with Crippen LogP contribution in [0.4, 0.5) is 0 Å². The molecule has 2 nitrogen and oxygen atoms in total. The molecular weight excluding hydrogens is 236 g/mol. The lowest BCUT2D eigenvalue weighted by Crippen LogP contribution is -2.43. The molecule has 1 heterocycles. The molecule has 1 aromatic rings.